The number of nitrogens with two attached hydrogens (primary N) is 1. The van der Waals surface area contributed by atoms with E-state index in [1.165, 1.54) is 0 Å². The zero-order chi connectivity index (χ0) is 14.6. The van der Waals surface area contributed by atoms with Gasteiger partial charge in [-0.15, -0.1) is 0 Å². The van der Waals surface area contributed by atoms with Crippen LogP contribution in [-0.2, 0) is 0 Å². The van der Waals surface area contributed by atoms with Gasteiger partial charge in [0.2, 0.25) is 0 Å². The summed E-state index contributed by atoms with van der Waals surface area (Å²) >= 11 is 5.43. The molecule has 0 aliphatic carbocycles. The molecular weight excluding hydrogens is 274 g/mol. The highest BCUT2D eigenvalue weighted by atomic mass is 35.5. The fourth-order valence-electron chi connectivity index (χ4n) is 1.74. The SMILES string of the molecule is CC(C)CC(CN)NC(=O)c1cc(F)c(Cl)cc1F. The molecule has 0 aliphatic rings. The summed E-state index contributed by atoms with van der Waals surface area (Å²) in [5.41, 5.74) is 5.16. The molecule has 0 aromatic heterocycles. The minimum atomic E-state index is -0.857. The van der Waals surface area contributed by atoms with Crippen LogP contribution < -0.4 is 11.1 Å². The average Bonchev–Trinajstić information content (AvgIpc) is 2.32. The minimum absolute atomic E-state index is 0.238. The van der Waals surface area contributed by atoms with Crippen LogP contribution in [0.2, 0.25) is 5.02 Å². The molecule has 0 radical (unpaired) electrons. The lowest BCUT2D eigenvalue weighted by atomic mass is 10.0. The zero-order valence-electron chi connectivity index (χ0n) is 10.8. The molecule has 0 fully saturated rings. The van der Waals surface area contributed by atoms with Crippen molar-refractivity contribution in [1.29, 1.82) is 0 Å². The first-order valence-electron chi connectivity index (χ1n) is 6.00. The van der Waals surface area contributed by atoms with E-state index in [1.807, 2.05) is 13.8 Å². The highest BCUT2D eigenvalue weighted by molar-refractivity contribution is 6.30. The maximum Gasteiger partial charge on any atom is 0.254 e. The van der Waals surface area contributed by atoms with Gasteiger partial charge >= 0.3 is 0 Å². The van der Waals surface area contributed by atoms with E-state index in [1.54, 1.807) is 0 Å². The number of rotatable bonds is 5. The summed E-state index contributed by atoms with van der Waals surface area (Å²) in [6.45, 7) is 4.20. The third kappa shape index (κ3) is 4.44. The molecule has 0 heterocycles. The number of carbonyl (C=O) groups excluding carboxylic acids is 1. The van der Waals surface area contributed by atoms with Gasteiger partial charge in [0.25, 0.3) is 5.91 Å². The predicted octanol–water partition coefficient (Wildman–Crippen LogP) is 2.72. The second kappa shape index (κ2) is 6.82. The second-order valence-corrected chi connectivity index (χ2v) is 5.19. The fraction of sp³-hybridized carbons (Fsp3) is 0.462. The Balaban J connectivity index is 2.85. The van der Waals surface area contributed by atoms with Crippen molar-refractivity contribution in [2.24, 2.45) is 11.7 Å². The molecule has 6 heteroatoms. The average molecular weight is 291 g/mol. The summed E-state index contributed by atoms with van der Waals surface area (Å²) in [7, 11) is 0. The standard InChI is InChI=1S/C13H17ClF2N2O/c1-7(2)3-8(6-17)18-13(19)9-4-12(16)10(14)5-11(9)15/h4-5,7-8H,3,6,17H2,1-2H3,(H,18,19). The number of benzene rings is 1. The van der Waals surface area contributed by atoms with Crippen LogP contribution in [0.3, 0.4) is 0 Å². The summed E-state index contributed by atoms with van der Waals surface area (Å²) < 4.78 is 26.8. The Morgan fingerprint density at radius 2 is 2.00 bits per heavy atom. The molecule has 0 spiro atoms. The predicted molar refractivity (Wildman–Crippen MR) is 71.1 cm³/mol. The van der Waals surface area contributed by atoms with Crippen LogP contribution in [-0.4, -0.2) is 18.5 Å². The van der Waals surface area contributed by atoms with Crippen molar-refractivity contribution >= 4 is 17.5 Å². The lowest BCUT2D eigenvalue weighted by Crippen LogP contribution is -2.41. The van der Waals surface area contributed by atoms with E-state index in [0.29, 0.717) is 12.3 Å². The van der Waals surface area contributed by atoms with Gasteiger partial charge in [-0.3, -0.25) is 4.79 Å². The third-order valence-corrected chi connectivity index (χ3v) is 2.92. The van der Waals surface area contributed by atoms with Gasteiger partial charge in [-0.2, -0.15) is 0 Å². The summed E-state index contributed by atoms with van der Waals surface area (Å²) in [5, 5.41) is 2.23. The third-order valence-electron chi connectivity index (χ3n) is 2.63. The Bertz CT molecular complexity index is 466. The topological polar surface area (TPSA) is 55.1 Å². The van der Waals surface area contributed by atoms with Crippen molar-refractivity contribution in [2.45, 2.75) is 26.3 Å². The van der Waals surface area contributed by atoms with Gasteiger partial charge < -0.3 is 11.1 Å². The minimum Gasteiger partial charge on any atom is -0.348 e. The normalized spacial score (nSPS) is 12.6. The van der Waals surface area contributed by atoms with E-state index in [-0.39, 0.29) is 23.2 Å². The van der Waals surface area contributed by atoms with Crippen molar-refractivity contribution in [3.63, 3.8) is 0 Å². The molecule has 3 nitrogen and oxygen atoms in total. The zero-order valence-corrected chi connectivity index (χ0v) is 11.6. The molecule has 0 saturated heterocycles. The molecule has 0 aliphatic heterocycles. The van der Waals surface area contributed by atoms with Gasteiger partial charge in [-0.05, 0) is 24.5 Å². The van der Waals surface area contributed by atoms with Crippen LogP contribution in [0.25, 0.3) is 0 Å². The summed E-state index contributed by atoms with van der Waals surface area (Å²) in [5.74, 6) is -2.05. The maximum atomic E-state index is 13.6. The monoisotopic (exact) mass is 290 g/mol. The molecule has 0 bridgehead atoms. The Labute approximate surface area is 116 Å². The van der Waals surface area contributed by atoms with E-state index in [4.69, 9.17) is 17.3 Å². The Morgan fingerprint density at radius 1 is 1.37 bits per heavy atom. The first-order valence-corrected chi connectivity index (χ1v) is 6.38. The van der Waals surface area contributed by atoms with Crippen LogP contribution >= 0.6 is 11.6 Å². The fourth-order valence-corrected chi connectivity index (χ4v) is 1.89. The van der Waals surface area contributed by atoms with E-state index in [2.05, 4.69) is 5.32 Å². The van der Waals surface area contributed by atoms with Crippen molar-refractivity contribution < 1.29 is 13.6 Å². The van der Waals surface area contributed by atoms with E-state index >= 15 is 0 Å². The van der Waals surface area contributed by atoms with Gasteiger partial charge in [-0.25, -0.2) is 8.78 Å². The van der Waals surface area contributed by atoms with E-state index in [0.717, 1.165) is 12.1 Å². The Hall–Kier alpha value is -1.20. The molecule has 1 aromatic rings. The van der Waals surface area contributed by atoms with Crippen molar-refractivity contribution in [3.05, 3.63) is 34.4 Å². The van der Waals surface area contributed by atoms with Crippen LogP contribution in [0.15, 0.2) is 12.1 Å². The molecule has 1 rings (SSSR count). The van der Waals surface area contributed by atoms with Gasteiger partial charge in [0.15, 0.2) is 0 Å². The first kappa shape index (κ1) is 15.9. The maximum absolute atomic E-state index is 13.6. The lowest BCUT2D eigenvalue weighted by Gasteiger charge is -2.19. The highest BCUT2D eigenvalue weighted by Crippen LogP contribution is 2.19. The summed E-state index contributed by atoms with van der Waals surface area (Å²) in [4.78, 5) is 11.9. The number of hydrogen-bond acceptors (Lipinski definition) is 2. The molecular formula is C13H17ClF2N2O. The molecule has 19 heavy (non-hydrogen) atoms. The van der Waals surface area contributed by atoms with Gasteiger partial charge in [0.1, 0.15) is 11.6 Å². The summed E-state index contributed by atoms with van der Waals surface area (Å²) in [6, 6.07) is 1.30. The van der Waals surface area contributed by atoms with Gasteiger partial charge in [0.05, 0.1) is 10.6 Å². The number of nitrogens with one attached hydrogen (secondary N) is 1. The van der Waals surface area contributed by atoms with Crippen LogP contribution in [0, 0.1) is 17.6 Å². The van der Waals surface area contributed by atoms with Crippen molar-refractivity contribution in [2.75, 3.05) is 6.54 Å². The van der Waals surface area contributed by atoms with Gasteiger partial charge in [0, 0.05) is 12.6 Å². The summed E-state index contributed by atoms with van der Waals surface area (Å²) in [6.07, 6.45) is 0.667. The van der Waals surface area contributed by atoms with E-state index < -0.39 is 17.5 Å². The number of halogens is 3. The first-order chi connectivity index (χ1) is 8.85. The van der Waals surface area contributed by atoms with Crippen LogP contribution in [0.1, 0.15) is 30.6 Å². The molecule has 1 atom stereocenters. The Kier molecular flexibility index (Phi) is 5.69. The largest absolute Gasteiger partial charge is 0.348 e. The number of amides is 1. The molecule has 0 saturated carbocycles. The van der Waals surface area contributed by atoms with Crippen LogP contribution in [0.5, 0.6) is 0 Å². The highest BCUT2D eigenvalue weighted by Gasteiger charge is 2.18. The number of carbonyl (C=O) groups is 1. The molecule has 1 unspecified atom stereocenters. The number of hydrogen-bond donors (Lipinski definition) is 2. The molecule has 1 amide bonds. The smallest absolute Gasteiger partial charge is 0.254 e. The quantitative estimate of drug-likeness (QED) is 0.819. The van der Waals surface area contributed by atoms with Crippen molar-refractivity contribution in [1.82, 2.24) is 5.32 Å². The lowest BCUT2D eigenvalue weighted by molar-refractivity contribution is 0.0929. The Morgan fingerprint density at radius 3 is 2.53 bits per heavy atom. The van der Waals surface area contributed by atoms with Crippen molar-refractivity contribution in [3.8, 4) is 0 Å². The molecule has 1 aromatic carbocycles. The second-order valence-electron chi connectivity index (χ2n) is 4.78. The molecule has 106 valence electrons. The molecule has 3 N–H and O–H groups in total. The van der Waals surface area contributed by atoms with Gasteiger partial charge in [-0.1, -0.05) is 25.4 Å². The van der Waals surface area contributed by atoms with E-state index in [9.17, 15) is 13.6 Å². The van der Waals surface area contributed by atoms with Crippen LogP contribution in [0.4, 0.5) is 8.78 Å².